The Labute approximate surface area is 119 Å². The van der Waals surface area contributed by atoms with E-state index in [-0.39, 0.29) is 0 Å². The summed E-state index contributed by atoms with van der Waals surface area (Å²) in [6.45, 7) is 4.71. The highest BCUT2D eigenvalue weighted by Crippen LogP contribution is 2.31. The topological polar surface area (TPSA) is 38.7 Å². The molecule has 0 radical (unpaired) electrons. The fourth-order valence-corrected chi connectivity index (χ4v) is 1.91. The van der Waals surface area contributed by atoms with Crippen LogP contribution in [0.4, 0.5) is 0 Å². The summed E-state index contributed by atoms with van der Waals surface area (Å²) in [5.41, 5.74) is 1.93. The molecule has 0 saturated carbocycles. The molecule has 2 rings (SSSR count). The van der Waals surface area contributed by atoms with Crippen LogP contribution in [0, 0.1) is 0 Å². The number of ether oxygens (including phenoxy) is 2. The summed E-state index contributed by atoms with van der Waals surface area (Å²) in [5, 5.41) is 9.62. The zero-order valence-corrected chi connectivity index (χ0v) is 11.9. The number of aliphatic hydroxyl groups is 1. The van der Waals surface area contributed by atoms with E-state index < -0.39 is 6.10 Å². The molecule has 0 aliphatic carbocycles. The van der Waals surface area contributed by atoms with Crippen LogP contribution in [0.2, 0.25) is 0 Å². The van der Waals surface area contributed by atoms with Gasteiger partial charge in [0, 0.05) is 0 Å². The minimum Gasteiger partial charge on any atom is -0.490 e. The van der Waals surface area contributed by atoms with Gasteiger partial charge in [-0.05, 0) is 37.1 Å². The van der Waals surface area contributed by atoms with Gasteiger partial charge < -0.3 is 14.6 Å². The van der Waals surface area contributed by atoms with Crippen molar-refractivity contribution in [2.24, 2.45) is 0 Å². The Hall–Kier alpha value is -2.00. The maximum absolute atomic E-state index is 9.62. The Morgan fingerprint density at radius 3 is 2.40 bits per heavy atom. The zero-order valence-electron chi connectivity index (χ0n) is 11.9. The van der Waals surface area contributed by atoms with Gasteiger partial charge in [0.05, 0.1) is 12.7 Å². The third-order valence-electron chi connectivity index (χ3n) is 2.99. The lowest BCUT2D eigenvalue weighted by atomic mass is 10.1. The second-order valence-corrected chi connectivity index (χ2v) is 4.59. The summed E-state index contributed by atoms with van der Waals surface area (Å²) in [4.78, 5) is 0. The smallest absolute Gasteiger partial charge is 0.161 e. The van der Waals surface area contributed by atoms with Crippen molar-refractivity contribution in [2.75, 3.05) is 6.61 Å². The molecular formula is C17H20O3. The van der Waals surface area contributed by atoms with Crippen LogP contribution in [0.3, 0.4) is 0 Å². The highest BCUT2D eigenvalue weighted by atomic mass is 16.5. The first-order chi connectivity index (χ1) is 9.70. The van der Waals surface area contributed by atoms with Crippen molar-refractivity contribution < 1.29 is 14.6 Å². The molecule has 0 aromatic heterocycles. The fraction of sp³-hybridized carbons (Fsp3) is 0.294. The molecule has 1 N–H and O–H groups in total. The van der Waals surface area contributed by atoms with Gasteiger partial charge >= 0.3 is 0 Å². The third-order valence-corrected chi connectivity index (χ3v) is 2.99. The van der Waals surface area contributed by atoms with E-state index in [2.05, 4.69) is 0 Å². The Kier molecular flexibility index (Phi) is 5.02. The lowest BCUT2D eigenvalue weighted by Gasteiger charge is -2.14. The fourth-order valence-electron chi connectivity index (χ4n) is 1.91. The van der Waals surface area contributed by atoms with E-state index in [1.807, 2.05) is 55.5 Å². The molecule has 0 fully saturated rings. The summed E-state index contributed by atoms with van der Waals surface area (Å²) >= 11 is 0. The second kappa shape index (κ2) is 6.96. The van der Waals surface area contributed by atoms with Gasteiger partial charge in [0.2, 0.25) is 0 Å². The summed E-state index contributed by atoms with van der Waals surface area (Å²) < 4.78 is 11.4. The van der Waals surface area contributed by atoms with Gasteiger partial charge in [0.15, 0.2) is 11.5 Å². The number of rotatable bonds is 6. The highest BCUT2D eigenvalue weighted by molar-refractivity contribution is 5.43. The minimum absolute atomic E-state index is 0.495. The van der Waals surface area contributed by atoms with E-state index >= 15 is 0 Å². The number of hydrogen-bond acceptors (Lipinski definition) is 3. The lowest BCUT2D eigenvalue weighted by molar-refractivity contribution is 0.198. The molecule has 1 atom stereocenters. The van der Waals surface area contributed by atoms with E-state index in [1.165, 1.54) is 0 Å². The molecule has 0 spiro atoms. The molecule has 106 valence electrons. The Bertz CT molecular complexity index is 535. The van der Waals surface area contributed by atoms with Crippen LogP contribution in [-0.2, 0) is 6.61 Å². The van der Waals surface area contributed by atoms with E-state index in [1.54, 1.807) is 6.92 Å². The van der Waals surface area contributed by atoms with Crippen LogP contribution in [0.1, 0.15) is 31.1 Å². The molecule has 0 bridgehead atoms. The van der Waals surface area contributed by atoms with Crippen molar-refractivity contribution in [2.45, 2.75) is 26.6 Å². The first kappa shape index (κ1) is 14.4. The molecule has 2 aromatic rings. The van der Waals surface area contributed by atoms with Crippen molar-refractivity contribution in [3.05, 3.63) is 59.7 Å². The summed E-state index contributed by atoms with van der Waals surface area (Å²) in [5.74, 6) is 1.36. The minimum atomic E-state index is -0.516. The average Bonchev–Trinajstić information content (AvgIpc) is 2.47. The normalized spacial score (nSPS) is 11.9. The predicted molar refractivity (Wildman–Crippen MR) is 79.0 cm³/mol. The molecule has 20 heavy (non-hydrogen) atoms. The summed E-state index contributed by atoms with van der Waals surface area (Å²) in [6.07, 6.45) is -0.516. The summed E-state index contributed by atoms with van der Waals surface area (Å²) in [7, 11) is 0. The molecule has 2 aromatic carbocycles. The maximum Gasteiger partial charge on any atom is 0.161 e. The quantitative estimate of drug-likeness (QED) is 0.871. The van der Waals surface area contributed by atoms with Gasteiger partial charge in [-0.3, -0.25) is 0 Å². The predicted octanol–water partition coefficient (Wildman–Crippen LogP) is 3.72. The van der Waals surface area contributed by atoms with Crippen molar-refractivity contribution in [3.63, 3.8) is 0 Å². The van der Waals surface area contributed by atoms with E-state index in [9.17, 15) is 5.11 Å². The molecule has 0 saturated heterocycles. The van der Waals surface area contributed by atoms with Crippen molar-refractivity contribution in [3.8, 4) is 11.5 Å². The first-order valence-electron chi connectivity index (χ1n) is 6.82. The van der Waals surface area contributed by atoms with Crippen LogP contribution < -0.4 is 9.47 Å². The first-order valence-corrected chi connectivity index (χ1v) is 6.82. The highest BCUT2D eigenvalue weighted by Gasteiger charge is 2.09. The van der Waals surface area contributed by atoms with E-state index in [0.717, 1.165) is 11.1 Å². The average molecular weight is 272 g/mol. The van der Waals surface area contributed by atoms with Crippen molar-refractivity contribution in [1.82, 2.24) is 0 Å². The zero-order chi connectivity index (χ0) is 14.4. The van der Waals surface area contributed by atoms with Crippen LogP contribution >= 0.6 is 0 Å². The van der Waals surface area contributed by atoms with Crippen molar-refractivity contribution >= 4 is 0 Å². The van der Waals surface area contributed by atoms with Crippen LogP contribution in [-0.4, -0.2) is 11.7 Å². The van der Waals surface area contributed by atoms with Gasteiger partial charge in [-0.15, -0.1) is 0 Å². The monoisotopic (exact) mass is 272 g/mol. The van der Waals surface area contributed by atoms with Crippen LogP contribution in [0.25, 0.3) is 0 Å². The third kappa shape index (κ3) is 3.75. The molecular weight excluding hydrogens is 252 g/mol. The second-order valence-electron chi connectivity index (χ2n) is 4.59. The largest absolute Gasteiger partial charge is 0.490 e. The SMILES string of the molecule is CCOc1cc(C(C)O)ccc1OCc1ccccc1. The Morgan fingerprint density at radius 2 is 1.75 bits per heavy atom. The molecule has 0 amide bonds. The summed E-state index contributed by atoms with van der Waals surface area (Å²) in [6, 6.07) is 15.5. The molecule has 1 unspecified atom stereocenters. The lowest BCUT2D eigenvalue weighted by Crippen LogP contribution is -2.01. The van der Waals surface area contributed by atoms with Crippen LogP contribution in [0.5, 0.6) is 11.5 Å². The van der Waals surface area contributed by atoms with Gasteiger partial charge in [0.1, 0.15) is 6.61 Å². The van der Waals surface area contributed by atoms with E-state index in [0.29, 0.717) is 24.7 Å². The van der Waals surface area contributed by atoms with Gasteiger partial charge in [-0.1, -0.05) is 36.4 Å². The van der Waals surface area contributed by atoms with Crippen LogP contribution in [0.15, 0.2) is 48.5 Å². The maximum atomic E-state index is 9.62. The number of hydrogen-bond donors (Lipinski definition) is 1. The molecule has 3 heteroatoms. The van der Waals surface area contributed by atoms with Gasteiger partial charge in [0.25, 0.3) is 0 Å². The Balaban J connectivity index is 2.13. The molecule has 0 heterocycles. The van der Waals surface area contributed by atoms with Gasteiger partial charge in [-0.2, -0.15) is 0 Å². The van der Waals surface area contributed by atoms with Crippen molar-refractivity contribution in [1.29, 1.82) is 0 Å². The number of benzene rings is 2. The van der Waals surface area contributed by atoms with Gasteiger partial charge in [-0.25, -0.2) is 0 Å². The molecule has 0 aliphatic rings. The molecule has 0 aliphatic heterocycles. The molecule has 3 nitrogen and oxygen atoms in total. The number of aliphatic hydroxyl groups excluding tert-OH is 1. The van der Waals surface area contributed by atoms with E-state index in [4.69, 9.17) is 9.47 Å². The standard InChI is InChI=1S/C17H20O3/c1-3-19-17-11-15(13(2)18)9-10-16(17)20-12-14-7-5-4-6-8-14/h4-11,13,18H,3,12H2,1-2H3. The Morgan fingerprint density at radius 1 is 1.00 bits per heavy atom.